The number of hydrogen-bond donors (Lipinski definition) is 2. The summed E-state index contributed by atoms with van der Waals surface area (Å²) >= 11 is 0. The maximum Gasteiger partial charge on any atom is 0.251 e. The Morgan fingerprint density at radius 1 is 1.22 bits per heavy atom. The van der Waals surface area contributed by atoms with E-state index in [1.807, 2.05) is 62.0 Å². The molecule has 0 saturated carbocycles. The molecule has 0 radical (unpaired) electrons. The van der Waals surface area contributed by atoms with Crippen molar-refractivity contribution in [2.75, 3.05) is 41.3 Å². The highest BCUT2D eigenvalue weighted by molar-refractivity contribution is 14.0. The van der Waals surface area contributed by atoms with E-state index < -0.39 is 0 Å². The molecule has 9 heteroatoms. The van der Waals surface area contributed by atoms with E-state index in [0.29, 0.717) is 24.6 Å². The Bertz CT molecular complexity index is 892. The first-order valence-corrected chi connectivity index (χ1v) is 10.7. The van der Waals surface area contributed by atoms with Gasteiger partial charge < -0.3 is 20.4 Å². The van der Waals surface area contributed by atoms with Crippen LogP contribution in [0.5, 0.6) is 0 Å². The van der Waals surface area contributed by atoms with Gasteiger partial charge in [0, 0.05) is 64.6 Å². The largest absolute Gasteiger partial charge is 0.352 e. The summed E-state index contributed by atoms with van der Waals surface area (Å²) in [5, 5.41) is 10.9. The minimum absolute atomic E-state index is 0. The first-order chi connectivity index (χ1) is 14.7. The average Bonchev–Trinajstić information content (AvgIpc) is 3.08. The van der Waals surface area contributed by atoms with Crippen LogP contribution in [0.25, 0.3) is 0 Å². The predicted octanol–water partition coefficient (Wildman–Crippen LogP) is 2.66. The van der Waals surface area contributed by atoms with Crippen LogP contribution in [0.15, 0.2) is 35.5 Å². The first-order valence-electron chi connectivity index (χ1n) is 10.7. The molecule has 8 nitrogen and oxygen atoms in total. The maximum absolute atomic E-state index is 12.4. The van der Waals surface area contributed by atoms with Gasteiger partial charge in [0.2, 0.25) is 0 Å². The lowest BCUT2D eigenvalue weighted by Gasteiger charge is -2.22. The number of aryl methyl sites for hydroxylation is 1. The number of carbonyl (C=O) groups excluding carboxylic acids is 1. The summed E-state index contributed by atoms with van der Waals surface area (Å²) in [6, 6.07) is 7.68. The van der Waals surface area contributed by atoms with Crippen molar-refractivity contribution >= 4 is 35.8 Å². The van der Waals surface area contributed by atoms with Crippen LogP contribution < -0.4 is 10.6 Å². The van der Waals surface area contributed by atoms with Crippen molar-refractivity contribution in [1.29, 1.82) is 0 Å². The smallest absolute Gasteiger partial charge is 0.251 e. The Labute approximate surface area is 209 Å². The number of aliphatic imine (C=N–C) groups is 1. The van der Waals surface area contributed by atoms with Gasteiger partial charge in [-0.15, -0.1) is 24.0 Å². The molecule has 0 fully saturated rings. The molecule has 0 aliphatic heterocycles. The quantitative estimate of drug-likeness (QED) is 0.283. The van der Waals surface area contributed by atoms with Gasteiger partial charge in [0.25, 0.3) is 5.91 Å². The molecule has 2 rings (SSSR count). The second-order valence-corrected chi connectivity index (χ2v) is 8.38. The van der Waals surface area contributed by atoms with Gasteiger partial charge in [0.15, 0.2) is 5.96 Å². The topological polar surface area (TPSA) is 77.8 Å². The summed E-state index contributed by atoms with van der Waals surface area (Å²) in [4.78, 5) is 20.9. The van der Waals surface area contributed by atoms with Crippen LogP contribution in [0, 0.1) is 0 Å². The lowest BCUT2D eigenvalue weighted by atomic mass is 10.1. The summed E-state index contributed by atoms with van der Waals surface area (Å²) in [6.07, 6.45) is 2.07. The second kappa shape index (κ2) is 13.4. The van der Waals surface area contributed by atoms with Gasteiger partial charge >= 0.3 is 0 Å². The third-order valence-corrected chi connectivity index (χ3v) is 4.95. The fourth-order valence-corrected chi connectivity index (χ4v) is 3.38. The van der Waals surface area contributed by atoms with Crippen molar-refractivity contribution < 1.29 is 4.79 Å². The molecule has 32 heavy (non-hydrogen) atoms. The number of amides is 1. The molecule has 0 atom stereocenters. The summed E-state index contributed by atoms with van der Waals surface area (Å²) in [5.41, 5.74) is 3.99. The van der Waals surface area contributed by atoms with Crippen LogP contribution in [0.4, 0.5) is 0 Å². The van der Waals surface area contributed by atoms with Gasteiger partial charge in [-0.3, -0.25) is 14.5 Å². The zero-order valence-corrected chi connectivity index (χ0v) is 22.7. The van der Waals surface area contributed by atoms with E-state index in [2.05, 4.69) is 45.7 Å². The number of aromatic nitrogens is 2. The summed E-state index contributed by atoms with van der Waals surface area (Å²) < 4.78 is 1.86. The summed E-state index contributed by atoms with van der Waals surface area (Å²) in [6.45, 7) is 7.05. The number of rotatable bonds is 9. The maximum atomic E-state index is 12.4. The van der Waals surface area contributed by atoms with Crippen molar-refractivity contribution in [2.45, 2.75) is 32.9 Å². The lowest BCUT2D eigenvalue weighted by molar-refractivity contribution is 0.0951. The van der Waals surface area contributed by atoms with Gasteiger partial charge in [-0.25, -0.2) is 0 Å². The molecule has 2 aromatic rings. The van der Waals surface area contributed by atoms with Crippen molar-refractivity contribution in [1.82, 2.24) is 30.2 Å². The highest BCUT2D eigenvalue weighted by Crippen LogP contribution is 2.18. The number of guanidine groups is 1. The zero-order valence-electron chi connectivity index (χ0n) is 20.3. The van der Waals surface area contributed by atoms with Gasteiger partial charge in [0.05, 0.1) is 5.69 Å². The number of benzene rings is 1. The van der Waals surface area contributed by atoms with Crippen LogP contribution in [-0.2, 0) is 20.1 Å². The first kappa shape index (κ1) is 27.9. The third kappa shape index (κ3) is 8.42. The number of hydrogen-bond acceptors (Lipinski definition) is 4. The van der Waals surface area contributed by atoms with E-state index in [1.54, 1.807) is 7.05 Å². The van der Waals surface area contributed by atoms with Gasteiger partial charge in [0.1, 0.15) is 0 Å². The molecule has 1 heterocycles. The average molecular weight is 556 g/mol. The van der Waals surface area contributed by atoms with E-state index in [1.165, 1.54) is 5.56 Å². The second-order valence-electron chi connectivity index (χ2n) is 8.38. The summed E-state index contributed by atoms with van der Waals surface area (Å²) in [5.74, 6) is 1.11. The normalized spacial score (nSPS) is 11.5. The standard InChI is InChI=1S/C23H37N7O.HI/c1-17(2)21-20(16-30(7)27-21)15-29(6)23(24-3)26-14-18-9-8-10-19(13-18)22(31)25-11-12-28(4)5;/h8-10,13,16-17H,11-12,14-15H2,1-7H3,(H,24,26)(H,25,31);1H. The van der Waals surface area contributed by atoms with Crippen LogP contribution in [0.3, 0.4) is 0 Å². The van der Waals surface area contributed by atoms with Crippen molar-refractivity contribution in [3.63, 3.8) is 0 Å². The van der Waals surface area contributed by atoms with Crippen molar-refractivity contribution in [2.24, 2.45) is 12.0 Å². The Balaban J connectivity index is 0.00000512. The third-order valence-electron chi connectivity index (χ3n) is 4.95. The lowest BCUT2D eigenvalue weighted by Crippen LogP contribution is -2.38. The molecule has 0 aliphatic carbocycles. The van der Waals surface area contributed by atoms with E-state index in [-0.39, 0.29) is 29.9 Å². The van der Waals surface area contributed by atoms with Crippen molar-refractivity contribution in [3.05, 3.63) is 52.8 Å². The molecule has 0 saturated heterocycles. The van der Waals surface area contributed by atoms with Crippen LogP contribution in [0.2, 0.25) is 0 Å². The molecular weight excluding hydrogens is 517 g/mol. The molecule has 0 spiro atoms. The fraction of sp³-hybridized carbons (Fsp3) is 0.522. The Kier molecular flexibility index (Phi) is 11.7. The number of nitrogens with one attached hydrogen (secondary N) is 2. The summed E-state index contributed by atoms with van der Waals surface area (Å²) in [7, 11) is 9.72. The van der Waals surface area contributed by atoms with Gasteiger partial charge in [-0.05, 0) is 37.7 Å². The highest BCUT2D eigenvalue weighted by Gasteiger charge is 2.15. The van der Waals surface area contributed by atoms with E-state index in [0.717, 1.165) is 30.3 Å². The molecule has 1 aromatic heterocycles. The van der Waals surface area contributed by atoms with E-state index in [4.69, 9.17) is 0 Å². The Morgan fingerprint density at radius 3 is 2.56 bits per heavy atom. The van der Waals surface area contributed by atoms with Crippen molar-refractivity contribution in [3.8, 4) is 0 Å². The predicted molar refractivity (Wildman–Crippen MR) is 142 cm³/mol. The number of nitrogens with zero attached hydrogens (tertiary/aromatic N) is 5. The molecule has 1 amide bonds. The van der Waals surface area contributed by atoms with Crippen LogP contribution >= 0.6 is 24.0 Å². The fourth-order valence-electron chi connectivity index (χ4n) is 3.38. The Morgan fingerprint density at radius 2 is 1.94 bits per heavy atom. The number of carbonyl (C=O) groups is 1. The van der Waals surface area contributed by atoms with Gasteiger partial charge in [-0.2, -0.15) is 5.10 Å². The molecule has 2 N–H and O–H groups in total. The molecule has 0 unspecified atom stereocenters. The zero-order chi connectivity index (χ0) is 23.0. The molecular formula is C23H38IN7O. The Hall–Kier alpha value is -2.14. The molecule has 178 valence electrons. The van der Waals surface area contributed by atoms with E-state index >= 15 is 0 Å². The molecule has 0 aliphatic rings. The van der Waals surface area contributed by atoms with E-state index in [9.17, 15) is 4.79 Å². The number of likely N-dealkylation sites (N-methyl/N-ethyl adjacent to an activating group) is 1. The molecule has 0 bridgehead atoms. The monoisotopic (exact) mass is 555 g/mol. The molecule has 1 aromatic carbocycles. The minimum atomic E-state index is -0.0528. The van der Waals surface area contributed by atoms with Gasteiger partial charge in [-0.1, -0.05) is 26.0 Å². The SMILES string of the molecule is CN=C(NCc1cccc(C(=O)NCCN(C)C)c1)N(C)Cc1cn(C)nc1C(C)C.I. The number of halogens is 1. The minimum Gasteiger partial charge on any atom is -0.352 e. The highest BCUT2D eigenvalue weighted by atomic mass is 127. The van der Waals surface area contributed by atoms with Crippen LogP contribution in [-0.4, -0.2) is 72.7 Å². The van der Waals surface area contributed by atoms with Crippen LogP contribution in [0.1, 0.15) is 46.9 Å².